The van der Waals surface area contributed by atoms with Crippen molar-refractivity contribution in [2.45, 2.75) is 19.9 Å². The molecule has 0 saturated carbocycles. The summed E-state index contributed by atoms with van der Waals surface area (Å²) in [6.45, 7) is 4.69. The van der Waals surface area contributed by atoms with Gasteiger partial charge in [0, 0.05) is 47.6 Å². The molecule has 0 bridgehead atoms. The predicted octanol–water partition coefficient (Wildman–Crippen LogP) is 0.932. The molecule has 0 radical (unpaired) electrons. The van der Waals surface area contributed by atoms with E-state index in [9.17, 15) is 4.21 Å². The molecule has 4 nitrogen and oxygen atoms in total. The summed E-state index contributed by atoms with van der Waals surface area (Å²) in [5.41, 5.74) is 2.40. The lowest BCUT2D eigenvalue weighted by Crippen LogP contribution is -2.38. The van der Waals surface area contributed by atoms with E-state index in [1.165, 1.54) is 5.56 Å². The Hall–Kier alpha value is -0.940. The summed E-state index contributed by atoms with van der Waals surface area (Å²) in [6, 6.07) is 4.30. The lowest BCUT2D eigenvalue weighted by molar-refractivity contribution is 0.672. The van der Waals surface area contributed by atoms with Crippen molar-refractivity contribution in [1.29, 1.82) is 0 Å². The number of hydrogen-bond donors (Lipinski definition) is 1. The van der Waals surface area contributed by atoms with Crippen molar-refractivity contribution in [2.24, 2.45) is 0 Å². The Labute approximate surface area is 111 Å². The fraction of sp³-hybridized carbons (Fsp3) is 0.615. The number of nitrogens with one attached hydrogen (secondary N) is 1. The highest BCUT2D eigenvalue weighted by atomic mass is 32.2. The molecule has 1 aromatic heterocycles. The number of pyridine rings is 1. The molecule has 2 heterocycles. The third-order valence-corrected chi connectivity index (χ3v) is 4.45. The zero-order valence-corrected chi connectivity index (χ0v) is 11.9. The second kappa shape index (κ2) is 6.29. The van der Waals surface area contributed by atoms with Crippen molar-refractivity contribution >= 4 is 16.6 Å². The van der Waals surface area contributed by atoms with Crippen LogP contribution in [0.25, 0.3) is 0 Å². The van der Waals surface area contributed by atoms with Crippen LogP contribution in [0, 0.1) is 0 Å². The normalized spacial score (nSPS) is 17.1. The maximum absolute atomic E-state index is 11.4. The molecule has 5 heteroatoms. The minimum atomic E-state index is -0.632. The molecule has 1 fully saturated rings. The number of rotatable bonds is 4. The van der Waals surface area contributed by atoms with Crippen LogP contribution in [0.5, 0.6) is 0 Å². The highest BCUT2D eigenvalue weighted by Crippen LogP contribution is 2.17. The zero-order valence-electron chi connectivity index (χ0n) is 11.1. The van der Waals surface area contributed by atoms with E-state index in [4.69, 9.17) is 0 Å². The van der Waals surface area contributed by atoms with Gasteiger partial charge in [0.25, 0.3) is 0 Å². The van der Waals surface area contributed by atoms with Crippen molar-refractivity contribution < 1.29 is 4.21 Å². The fourth-order valence-corrected chi connectivity index (χ4v) is 3.20. The number of nitrogens with zero attached hydrogens (tertiary/aromatic N) is 2. The van der Waals surface area contributed by atoms with Gasteiger partial charge in [0.2, 0.25) is 0 Å². The molecule has 0 unspecified atom stereocenters. The molecule has 0 aromatic carbocycles. The Morgan fingerprint density at radius 1 is 1.39 bits per heavy atom. The molecule has 0 spiro atoms. The second-order valence-electron chi connectivity index (χ2n) is 4.54. The van der Waals surface area contributed by atoms with Gasteiger partial charge in [-0.1, -0.05) is 6.92 Å². The van der Waals surface area contributed by atoms with E-state index >= 15 is 0 Å². The van der Waals surface area contributed by atoms with Gasteiger partial charge in [-0.25, -0.2) is 4.98 Å². The lowest BCUT2D eigenvalue weighted by Gasteiger charge is -2.28. The average molecular weight is 267 g/mol. The van der Waals surface area contributed by atoms with Crippen molar-refractivity contribution in [1.82, 2.24) is 10.3 Å². The molecule has 0 atom stereocenters. The quantitative estimate of drug-likeness (QED) is 0.881. The summed E-state index contributed by atoms with van der Waals surface area (Å²) in [7, 11) is 1.32. The first kappa shape index (κ1) is 13.5. The van der Waals surface area contributed by atoms with E-state index in [2.05, 4.69) is 34.3 Å². The summed E-state index contributed by atoms with van der Waals surface area (Å²) >= 11 is 0. The van der Waals surface area contributed by atoms with Crippen LogP contribution in [0.1, 0.15) is 18.2 Å². The van der Waals surface area contributed by atoms with Crippen molar-refractivity contribution in [3.05, 3.63) is 23.4 Å². The fourth-order valence-electron chi connectivity index (χ4n) is 2.15. The first-order valence-electron chi connectivity index (χ1n) is 6.47. The van der Waals surface area contributed by atoms with Gasteiger partial charge in [0.05, 0.1) is 0 Å². The van der Waals surface area contributed by atoms with E-state index < -0.39 is 10.8 Å². The molecule has 2 rings (SSSR count). The minimum absolute atomic E-state index is 0.632. The van der Waals surface area contributed by atoms with Gasteiger partial charge < -0.3 is 10.2 Å². The van der Waals surface area contributed by atoms with Crippen LogP contribution in [-0.4, -0.2) is 40.8 Å². The summed E-state index contributed by atoms with van der Waals surface area (Å²) in [6.07, 6.45) is 0.949. The van der Waals surface area contributed by atoms with E-state index in [0.717, 1.165) is 49.1 Å². The number of aryl methyl sites for hydroxylation is 1. The van der Waals surface area contributed by atoms with Crippen LogP contribution < -0.4 is 10.2 Å². The number of anilines is 1. The summed E-state index contributed by atoms with van der Waals surface area (Å²) in [4.78, 5) is 6.93. The van der Waals surface area contributed by atoms with E-state index in [-0.39, 0.29) is 0 Å². The van der Waals surface area contributed by atoms with Crippen LogP contribution >= 0.6 is 0 Å². The highest BCUT2D eigenvalue weighted by Gasteiger charge is 2.17. The maximum Gasteiger partial charge on any atom is 0.129 e. The Morgan fingerprint density at radius 2 is 2.11 bits per heavy atom. The molecular formula is C13H21N3OS. The molecule has 1 aliphatic heterocycles. The largest absolute Gasteiger partial charge is 0.355 e. The predicted molar refractivity (Wildman–Crippen MR) is 76.5 cm³/mol. The molecule has 1 aliphatic rings. The van der Waals surface area contributed by atoms with E-state index in [0.29, 0.717) is 0 Å². The Bertz CT molecular complexity index is 426. The van der Waals surface area contributed by atoms with Crippen molar-refractivity contribution in [3.63, 3.8) is 0 Å². The van der Waals surface area contributed by atoms with E-state index in [1.807, 2.05) is 7.05 Å². The Kier molecular flexibility index (Phi) is 4.72. The molecule has 1 N–H and O–H groups in total. The first-order chi connectivity index (χ1) is 8.72. The third-order valence-electron chi connectivity index (χ3n) is 3.17. The molecule has 1 aromatic rings. The zero-order chi connectivity index (χ0) is 13.0. The van der Waals surface area contributed by atoms with Gasteiger partial charge >= 0.3 is 0 Å². The first-order valence-corrected chi connectivity index (χ1v) is 7.96. The average Bonchev–Trinajstić information content (AvgIpc) is 2.39. The summed E-state index contributed by atoms with van der Waals surface area (Å²) < 4.78 is 11.4. The Balaban J connectivity index is 2.20. The number of hydrogen-bond acceptors (Lipinski definition) is 4. The molecule has 0 amide bonds. The van der Waals surface area contributed by atoms with Crippen molar-refractivity contribution in [2.75, 3.05) is 36.5 Å². The van der Waals surface area contributed by atoms with E-state index in [1.54, 1.807) is 0 Å². The van der Waals surface area contributed by atoms with Crippen LogP contribution in [0.4, 0.5) is 5.82 Å². The van der Waals surface area contributed by atoms with Gasteiger partial charge in [-0.05, 0) is 31.2 Å². The maximum atomic E-state index is 11.4. The molecule has 0 aliphatic carbocycles. The van der Waals surface area contributed by atoms with Gasteiger partial charge in [-0.15, -0.1) is 0 Å². The monoisotopic (exact) mass is 267 g/mol. The van der Waals surface area contributed by atoms with Crippen LogP contribution in [0.15, 0.2) is 12.1 Å². The van der Waals surface area contributed by atoms with Crippen LogP contribution in [0.2, 0.25) is 0 Å². The lowest BCUT2D eigenvalue weighted by atomic mass is 10.2. The highest BCUT2D eigenvalue weighted by molar-refractivity contribution is 7.85. The van der Waals surface area contributed by atoms with Gasteiger partial charge in [-0.2, -0.15) is 0 Å². The van der Waals surface area contributed by atoms with Crippen LogP contribution in [0.3, 0.4) is 0 Å². The Morgan fingerprint density at radius 3 is 2.72 bits per heavy atom. The van der Waals surface area contributed by atoms with Gasteiger partial charge in [0.15, 0.2) is 0 Å². The van der Waals surface area contributed by atoms with Gasteiger partial charge in [-0.3, -0.25) is 4.21 Å². The minimum Gasteiger partial charge on any atom is -0.355 e. The summed E-state index contributed by atoms with van der Waals surface area (Å²) in [5, 5.41) is 3.18. The second-order valence-corrected chi connectivity index (χ2v) is 6.24. The molecule has 100 valence electrons. The van der Waals surface area contributed by atoms with Gasteiger partial charge in [0.1, 0.15) is 5.82 Å². The third kappa shape index (κ3) is 3.29. The smallest absolute Gasteiger partial charge is 0.129 e. The number of aromatic nitrogens is 1. The molecule has 18 heavy (non-hydrogen) atoms. The van der Waals surface area contributed by atoms with Crippen molar-refractivity contribution in [3.8, 4) is 0 Å². The molecule has 1 saturated heterocycles. The SMILES string of the molecule is CCc1cc(CNC)cc(N2CCS(=O)CC2)n1. The summed E-state index contributed by atoms with van der Waals surface area (Å²) in [5.74, 6) is 2.56. The molecular weight excluding hydrogens is 246 g/mol. The standard InChI is InChI=1S/C13H21N3OS/c1-3-12-8-11(10-14-2)9-13(15-12)16-4-6-18(17)7-5-16/h8-9,14H,3-7,10H2,1-2H3. The topological polar surface area (TPSA) is 45.2 Å². The van der Waals surface area contributed by atoms with Crippen LogP contribution in [-0.2, 0) is 23.8 Å².